The molecule has 0 radical (unpaired) electrons. The Morgan fingerprint density at radius 3 is 2.41 bits per heavy atom. The van der Waals surface area contributed by atoms with E-state index < -0.39 is 17.2 Å². The van der Waals surface area contributed by atoms with Crippen LogP contribution in [-0.4, -0.2) is 20.6 Å². The van der Waals surface area contributed by atoms with Gasteiger partial charge in [0.05, 0.1) is 0 Å². The van der Waals surface area contributed by atoms with Gasteiger partial charge >= 0.3 is 11.7 Å². The van der Waals surface area contributed by atoms with Crippen molar-refractivity contribution in [2.75, 3.05) is 0 Å². The normalized spacial score (nSPS) is 11.4. The van der Waals surface area contributed by atoms with Crippen LogP contribution in [0.3, 0.4) is 0 Å². The Kier molecular flexibility index (Phi) is 4.43. The summed E-state index contributed by atoms with van der Waals surface area (Å²) in [6, 6.07) is 1.59. The molecule has 1 rings (SSSR count). The maximum atomic E-state index is 11.7. The summed E-state index contributed by atoms with van der Waals surface area (Å²) in [5.41, 5.74) is -1.66. The number of carbonyl (C=O) groups is 1. The van der Waals surface area contributed by atoms with Gasteiger partial charge in [0.25, 0.3) is 0 Å². The lowest BCUT2D eigenvalue weighted by Gasteiger charge is -2.30. The molecule has 0 aliphatic heterocycles. The second kappa shape index (κ2) is 5.61. The summed E-state index contributed by atoms with van der Waals surface area (Å²) < 4.78 is 1.25. The largest absolute Gasteiger partial charge is 0.479 e. The smallest absolute Gasteiger partial charge is 0.348 e. The van der Waals surface area contributed by atoms with Gasteiger partial charge in [-0.3, -0.25) is 4.57 Å². The lowest BCUT2D eigenvalue weighted by atomic mass is 9.88. The molecular weight excluding hydrogens is 220 g/mol. The lowest BCUT2D eigenvalue weighted by molar-refractivity contribution is -0.148. The van der Waals surface area contributed by atoms with Crippen LogP contribution in [0.15, 0.2) is 23.3 Å². The zero-order valence-electron chi connectivity index (χ0n) is 10.2. The number of hydrogen-bond donors (Lipinski definition) is 1. The van der Waals surface area contributed by atoms with Crippen molar-refractivity contribution in [3.8, 4) is 0 Å². The molecule has 0 spiro atoms. The number of carboxylic acid groups (broad SMARTS) is 1. The van der Waals surface area contributed by atoms with Crippen molar-refractivity contribution >= 4 is 5.97 Å². The Bertz CT molecular complexity index is 433. The van der Waals surface area contributed by atoms with Crippen molar-refractivity contribution in [2.45, 2.75) is 45.1 Å². The number of aromatic nitrogens is 2. The molecule has 1 aromatic rings. The monoisotopic (exact) mass is 238 g/mol. The van der Waals surface area contributed by atoms with Gasteiger partial charge in [-0.25, -0.2) is 14.6 Å². The van der Waals surface area contributed by atoms with E-state index in [9.17, 15) is 14.7 Å². The fourth-order valence-corrected chi connectivity index (χ4v) is 2.19. The van der Waals surface area contributed by atoms with E-state index in [0.717, 1.165) is 0 Å². The first-order valence-electron chi connectivity index (χ1n) is 5.86. The van der Waals surface area contributed by atoms with Gasteiger partial charge in [-0.1, -0.05) is 26.7 Å². The highest BCUT2D eigenvalue weighted by molar-refractivity contribution is 5.76. The molecule has 1 N–H and O–H groups in total. The summed E-state index contributed by atoms with van der Waals surface area (Å²) in [5.74, 6) is -0.962. The second-order valence-corrected chi connectivity index (χ2v) is 4.11. The summed E-state index contributed by atoms with van der Waals surface area (Å²) in [4.78, 5) is 26.9. The van der Waals surface area contributed by atoms with E-state index in [4.69, 9.17) is 0 Å². The first-order chi connectivity index (χ1) is 8.08. The van der Waals surface area contributed by atoms with Crippen LogP contribution < -0.4 is 5.69 Å². The van der Waals surface area contributed by atoms with Crippen LogP contribution in [0, 0.1) is 0 Å². The van der Waals surface area contributed by atoms with Gasteiger partial charge in [-0.2, -0.15) is 0 Å². The fourth-order valence-electron chi connectivity index (χ4n) is 2.19. The molecule has 0 saturated carbocycles. The summed E-state index contributed by atoms with van der Waals surface area (Å²) in [7, 11) is 0. The Morgan fingerprint density at radius 1 is 1.41 bits per heavy atom. The molecule has 1 aromatic heterocycles. The molecule has 0 fully saturated rings. The van der Waals surface area contributed by atoms with E-state index in [-0.39, 0.29) is 0 Å². The predicted octanol–water partition coefficient (Wildman–Crippen LogP) is 1.62. The molecule has 0 saturated heterocycles. The second-order valence-electron chi connectivity index (χ2n) is 4.11. The van der Waals surface area contributed by atoms with Gasteiger partial charge in [0.1, 0.15) is 5.54 Å². The van der Waals surface area contributed by atoms with Gasteiger partial charge in [-0.05, 0) is 18.9 Å². The van der Waals surface area contributed by atoms with Gasteiger partial charge in [0.2, 0.25) is 0 Å². The molecule has 5 heteroatoms. The average molecular weight is 238 g/mol. The van der Waals surface area contributed by atoms with Crippen LogP contribution in [0.4, 0.5) is 0 Å². The molecule has 0 aromatic carbocycles. The van der Waals surface area contributed by atoms with Crippen molar-refractivity contribution in [3.63, 3.8) is 0 Å². The number of hydrogen-bond acceptors (Lipinski definition) is 3. The summed E-state index contributed by atoms with van der Waals surface area (Å²) >= 11 is 0. The number of carboxylic acids is 1. The Labute approximate surface area is 100 Å². The molecule has 0 bridgehead atoms. The lowest BCUT2D eigenvalue weighted by Crippen LogP contribution is -2.47. The highest BCUT2D eigenvalue weighted by atomic mass is 16.4. The van der Waals surface area contributed by atoms with Crippen LogP contribution >= 0.6 is 0 Å². The van der Waals surface area contributed by atoms with Crippen molar-refractivity contribution < 1.29 is 9.90 Å². The maximum absolute atomic E-state index is 11.7. The summed E-state index contributed by atoms with van der Waals surface area (Å²) in [5, 5.41) is 9.48. The molecule has 0 aliphatic carbocycles. The van der Waals surface area contributed by atoms with E-state index >= 15 is 0 Å². The van der Waals surface area contributed by atoms with E-state index in [1.54, 1.807) is 6.07 Å². The molecular formula is C12H18N2O3. The van der Waals surface area contributed by atoms with E-state index in [1.807, 2.05) is 13.8 Å². The van der Waals surface area contributed by atoms with Gasteiger partial charge in [0.15, 0.2) is 0 Å². The molecule has 1 heterocycles. The van der Waals surface area contributed by atoms with Crippen LogP contribution in [0.5, 0.6) is 0 Å². The maximum Gasteiger partial charge on any atom is 0.348 e. The Morgan fingerprint density at radius 2 is 2.00 bits per heavy atom. The third kappa shape index (κ3) is 2.54. The Hall–Kier alpha value is -1.65. The first kappa shape index (κ1) is 13.4. The topological polar surface area (TPSA) is 72.2 Å². The van der Waals surface area contributed by atoms with Crippen LogP contribution in [0.1, 0.15) is 39.5 Å². The molecule has 94 valence electrons. The fraction of sp³-hybridized carbons (Fsp3) is 0.583. The minimum atomic E-state index is -1.16. The van der Waals surface area contributed by atoms with Gasteiger partial charge < -0.3 is 5.11 Å². The third-order valence-corrected chi connectivity index (χ3v) is 2.90. The van der Waals surface area contributed by atoms with E-state index in [0.29, 0.717) is 25.7 Å². The van der Waals surface area contributed by atoms with E-state index in [2.05, 4.69) is 4.98 Å². The SMILES string of the molecule is CCCC(CCC)(C(=O)O)n1cccnc1=O. The number of aliphatic carboxylic acids is 1. The minimum absolute atomic E-state index is 0.432. The zero-order valence-corrected chi connectivity index (χ0v) is 10.2. The highest BCUT2D eigenvalue weighted by Crippen LogP contribution is 2.27. The number of nitrogens with zero attached hydrogens (tertiary/aromatic N) is 2. The third-order valence-electron chi connectivity index (χ3n) is 2.90. The molecule has 0 aliphatic rings. The van der Waals surface area contributed by atoms with Crippen LogP contribution in [0.25, 0.3) is 0 Å². The van der Waals surface area contributed by atoms with Crippen LogP contribution in [0.2, 0.25) is 0 Å². The van der Waals surface area contributed by atoms with Crippen molar-refractivity contribution in [2.24, 2.45) is 0 Å². The first-order valence-corrected chi connectivity index (χ1v) is 5.86. The van der Waals surface area contributed by atoms with Gasteiger partial charge in [0, 0.05) is 12.4 Å². The molecule has 0 atom stereocenters. The molecule has 5 nitrogen and oxygen atoms in total. The molecule has 0 unspecified atom stereocenters. The zero-order chi connectivity index (χ0) is 12.9. The molecule has 17 heavy (non-hydrogen) atoms. The van der Waals surface area contributed by atoms with Crippen molar-refractivity contribution in [1.82, 2.24) is 9.55 Å². The summed E-state index contributed by atoms with van der Waals surface area (Å²) in [6.45, 7) is 3.82. The number of rotatable bonds is 6. The van der Waals surface area contributed by atoms with Crippen molar-refractivity contribution in [1.29, 1.82) is 0 Å². The Balaban J connectivity index is 3.35. The average Bonchev–Trinajstić information content (AvgIpc) is 2.29. The van der Waals surface area contributed by atoms with Crippen LogP contribution in [-0.2, 0) is 10.3 Å². The van der Waals surface area contributed by atoms with Gasteiger partial charge in [-0.15, -0.1) is 0 Å². The van der Waals surface area contributed by atoms with E-state index in [1.165, 1.54) is 17.0 Å². The molecule has 0 amide bonds. The minimum Gasteiger partial charge on any atom is -0.479 e. The quantitative estimate of drug-likeness (QED) is 0.817. The standard InChI is InChI=1S/C12H18N2O3/c1-3-6-12(7-4-2,10(15)16)14-9-5-8-13-11(14)17/h5,8-9H,3-4,6-7H2,1-2H3,(H,15,16). The predicted molar refractivity (Wildman–Crippen MR) is 63.9 cm³/mol. The highest BCUT2D eigenvalue weighted by Gasteiger charge is 2.39. The summed E-state index contributed by atoms with van der Waals surface area (Å²) in [6.07, 6.45) is 5.16. The van der Waals surface area contributed by atoms with Crippen molar-refractivity contribution in [3.05, 3.63) is 28.9 Å².